The average molecular weight is 278 g/mol. The third-order valence-electron chi connectivity index (χ3n) is 3.16. The first kappa shape index (κ1) is 19.0. The van der Waals surface area contributed by atoms with Crippen LogP contribution >= 0.6 is 0 Å². The van der Waals surface area contributed by atoms with Gasteiger partial charge in [0.25, 0.3) is 0 Å². The molecule has 0 amide bonds. The summed E-state index contributed by atoms with van der Waals surface area (Å²) >= 11 is 0. The first-order chi connectivity index (χ1) is 9.97. The Labute approximate surface area is 126 Å². The molecule has 0 aliphatic carbocycles. The second kappa shape index (κ2) is 14.4. The number of anilines is 1. The molecule has 20 heavy (non-hydrogen) atoms. The van der Waals surface area contributed by atoms with E-state index in [4.69, 9.17) is 0 Å². The van der Waals surface area contributed by atoms with Crippen molar-refractivity contribution in [3.63, 3.8) is 0 Å². The van der Waals surface area contributed by atoms with Crippen molar-refractivity contribution < 1.29 is 0 Å². The highest BCUT2D eigenvalue weighted by Gasteiger charge is 2.04. The van der Waals surface area contributed by atoms with Crippen molar-refractivity contribution >= 4 is 5.69 Å². The van der Waals surface area contributed by atoms with E-state index in [0.717, 1.165) is 6.54 Å². The third kappa shape index (κ3) is 8.21. The van der Waals surface area contributed by atoms with Crippen LogP contribution in [0.15, 0.2) is 24.3 Å². The van der Waals surface area contributed by atoms with Gasteiger partial charge >= 0.3 is 0 Å². The lowest BCUT2D eigenvalue weighted by atomic mass is 10.0. The number of rotatable bonds is 0. The standard InChI is InChI=1S/C9H11N.C5H11N.2C2H6/c1-2-6-9-8(4-1)5-3-7-10-9;1-2-4-6-5-3-1;2*1-2/h1-2,4,6,10H,3,5,7H2;6H,1-5H2;2*1-2H3. The van der Waals surface area contributed by atoms with E-state index in [1.165, 1.54) is 56.4 Å². The zero-order valence-corrected chi connectivity index (χ0v) is 14.0. The molecule has 2 aliphatic rings. The SMILES string of the molecule is C1CCNCC1.CC.CC.c1ccc2c(c1)CCCN2. The van der Waals surface area contributed by atoms with Gasteiger partial charge in [-0.25, -0.2) is 0 Å². The van der Waals surface area contributed by atoms with Crippen LogP contribution in [0.4, 0.5) is 5.69 Å². The fourth-order valence-corrected chi connectivity index (χ4v) is 2.21. The molecule has 0 saturated carbocycles. The van der Waals surface area contributed by atoms with Crippen LogP contribution in [0.1, 0.15) is 58.9 Å². The molecule has 1 saturated heterocycles. The van der Waals surface area contributed by atoms with Crippen molar-refractivity contribution in [2.24, 2.45) is 0 Å². The zero-order valence-electron chi connectivity index (χ0n) is 14.0. The van der Waals surface area contributed by atoms with E-state index < -0.39 is 0 Å². The molecule has 0 radical (unpaired) electrons. The Morgan fingerprint density at radius 2 is 1.40 bits per heavy atom. The van der Waals surface area contributed by atoms with Gasteiger partial charge in [-0.05, 0) is 50.4 Å². The van der Waals surface area contributed by atoms with Gasteiger partial charge in [0.2, 0.25) is 0 Å². The predicted molar refractivity (Wildman–Crippen MR) is 92.7 cm³/mol. The van der Waals surface area contributed by atoms with E-state index in [1.807, 2.05) is 27.7 Å². The Morgan fingerprint density at radius 3 is 1.90 bits per heavy atom. The summed E-state index contributed by atoms with van der Waals surface area (Å²) < 4.78 is 0. The molecule has 3 rings (SSSR count). The molecule has 0 bridgehead atoms. The highest BCUT2D eigenvalue weighted by molar-refractivity contribution is 5.52. The third-order valence-corrected chi connectivity index (χ3v) is 3.16. The number of benzene rings is 1. The van der Waals surface area contributed by atoms with Crippen LogP contribution in [0.5, 0.6) is 0 Å². The van der Waals surface area contributed by atoms with Gasteiger partial charge in [-0.1, -0.05) is 52.3 Å². The minimum Gasteiger partial charge on any atom is -0.385 e. The molecule has 2 heterocycles. The fraction of sp³-hybridized carbons (Fsp3) is 0.667. The average Bonchev–Trinajstić information content (AvgIpc) is 2.61. The maximum atomic E-state index is 3.36. The van der Waals surface area contributed by atoms with E-state index in [2.05, 4.69) is 34.9 Å². The van der Waals surface area contributed by atoms with Gasteiger partial charge < -0.3 is 10.6 Å². The number of hydrogen-bond acceptors (Lipinski definition) is 2. The summed E-state index contributed by atoms with van der Waals surface area (Å²) in [7, 11) is 0. The minimum atomic E-state index is 1.14. The van der Waals surface area contributed by atoms with Gasteiger partial charge in [-0.15, -0.1) is 0 Å². The second-order valence-electron chi connectivity index (χ2n) is 4.50. The summed E-state index contributed by atoms with van der Waals surface area (Å²) in [5, 5.41) is 6.65. The lowest BCUT2D eigenvalue weighted by Gasteiger charge is -2.16. The van der Waals surface area contributed by atoms with E-state index in [9.17, 15) is 0 Å². The monoisotopic (exact) mass is 278 g/mol. The molecule has 2 aliphatic heterocycles. The lowest BCUT2D eigenvalue weighted by molar-refractivity contribution is 0.520. The Morgan fingerprint density at radius 1 is 0.750 bits per heavy atom. The molecule has 0 unspecified atom stereocenters. The first-order valence-electron chi connectivity index (χ1n) is 8.49. The number of aryl methyl sites for hydroxylation is 1. The van der Waals surface area contributed by atoms with Gasteiger partial charge in [0.15, 0.2) is 0 Å². The van der Waals surface area contributed by atoms with Crippen LogP contribution in [0.25, 0.3) is 0 Å². The maximum Gasteiger partial charge on any atom is 0.0372 e. The summed E-state index contributed by atoms with van der Waals surface area (Å²) in [5.41, 5.74) is 2.79. The molecule has 2 nitrogen and oxygen atoms in total. The minimum absolute atomic E-state index is 1.14. The normalized spacial score (nSPS) is 15.6. The highest BCUT2D eigenvalue weighted by atomic mass is 14.9. The van der Waals surface area contributed by atoms with Crippen molar-refractivity contribution in [2.75, 3.05) is 25.0 Å². The number of piperidine rings is 1. The molecular formula is C18H34N2. The van der Waals surface area contributed by atoms with Gasteiger partial charge in [0.05, 0.1) is 0 Å². The van der Waals surface area contributed by atoms with Gasteiger partial charge in [-0.3, -0.25) is 0 Å². The molecule has 1 aromatic rings. The Balaban J connectivity index is 0.000000312. The Kier molecular flexibility index (Phi) is 13.7. The number of para-hydroxylation sites is 1. The first-order valence-corrected chi connectivity index (χ1v) is 8.49. The van der Waals surface area contributed by atoms with Crippen LogP contribution in [-0.4, -0.2) is 19.6 Å². The highest BCUT2D eigenvalue weighted by Crippen LogP contribution is 2.20. The molecule has 2 N–H and O–H groups in total. The number of nitrogens with one attached hydrogen (secondary N) is 2. The van der Waals surface area contributed by atoms with Crippen molar-refractivity contribution in [2.45, 2.75) is 59.8 Å². The van der Waals surface area contributed by atoms with Crippen LogP contribution in [0.2, 0.25) is 0 Å². The quantitative estimate of drug-likeness (QED) is 0.708. The number of fused-ring (bicyclic) bond motifs is 1. The predicted octanol–water partition coefficient (Wildman–Crippen LogP) is 4.86. The van der Waals surface area contributed by atoms with Gasteiger partial charge in [0, 0.05) is 12.2 Å². The van der Waals surface area contributed by atoms with Crippen molar-refractivity contribution in [1.82, 2.24) is 5.32 Å². The van der Waals surface area contributed by atoms with Gasteiger partial charge in [-0.2, -0.15) is 0 Å². The van der Waals surface area contributed by atoms with E-state index >= 15 is 0 Å². The summed E-state index contributed by atoms with van der Waals surface area (Å²) in [4.78, 5) is 0. The second-order valence-corrected chi connectivity index (χ2v) is 4.50. The largest absolute Gasteiger partial charge is 0.385 e. The smallest absolute Gasteiger partial charge is 0.0372 e. The van der Waals surface area contributed by atoms with Crippen LogP contribution in [0, 0.1) is 0 Å². The van der Waals surface area contributed by atoms with Crippen molar-refractivity contribution in [1.29, 1.82) is 0 Å². The van der Waals surface area contributed by atoms with E-state index in [0.29, 0.717) is 0 Å². The molecule has 2 heteroatoms. The molecule has 0 spiro atoms. The fourth-order valence-electron chi connectivity index (χ4n) is 2.21. The lowest BCUT2D eigenvalue weighted by Crippen LogP contribution is -2.21. The number of hydrogen-bond donors (Lipinski definition) is 2. The van der Waals surface area contributed by atoms with Crippen LogP contribution in [0.3, 0.4) is 0 Å². The zero-order chi connectivity index (χ0) is 15.1. The molecule has 1 fully saturated rings. The molecule has 1 aromatic carbocycles. The summed E-state index contributed by atoms with van der Waals surface area (Å²) in [5.74, 6) is 0. The summed E-state index contributed by atoms with van der Waals surface area (Å²) in [6, 6.07) is 8.53. The molecule has 0 aromatic heterocycles. The van der Waals surface area contributed by atoms with E-state index in [-0.39, 0.29) is 0 Å². The van der Waals surface area contributed by atoms with Crippen molar-refractivity contribution in [3.8, 4) is 0 Å². The van der Waals surface area contributed by atoms with Crippen LogP contribution < -0.4 is 10.6 Å². The molecule has 0 atom stereocenters. The maximum absolute atomic E-state index is 3.36. The molecular weight excluding hydrogens is 244 g/mol. The topological polar surface area (TPSA) is 24.1 Å². The summed E-state index contributed by atoms with van der Waals surface area (Å²) in [6.07, 6.45) is 6.73. The summed E-state index contributed by atoms with van der Waals surface area (Å²) in [6.45, 7) is 11.6. The van der Waals surface area contributed by atoms with E-state index in [1.54, 1.807) is 0 Å². The van der Waals surface area contributed by atoms with Crippen molar-refractivity contribution in [3.05, 3.63) is 29.8 Å². The molecule has 116 valence electrons. The van der Waals surface area contributed by atoms with Crippen LogP contribution in [-0.2, 0) is 6.42 Å². The van der Waals surface area contributed by atoms with Gasteiger partial charge in [0.1, 0.15) is 0 Å². The Hall–Kier alpha value is -1.02. The Bertz CT molecular complexity index is 270.